The van der Waals surface area contributed by atoms with Crippen LogP contribution < -0.4 is 0 Å². The Hall–Kier alpha value is -0.120. The molecule has 0 aliphatic heterocycles. The lowest BCUT2D eigenvalue weighted by Gasteiger charge is -2.35. The van der Waals surface area contributed by atoms with Crippen molar-refractivity contribution in [2.45, 2.75) is 85.9 Å². The van der Waals surface area contributed by atoms with Crippen molar-refractivity contribution in [1.29, 1.82) is 0 Å². The summed E-state index contributed by atoms with van der Waals surface area (Å²) >= 11 is 0. The third-order valence-electron chi connectivity index (χ3n) is 4.37. The zero-order valence-electron chi connectivity index (χ0n) is 15.4. The highest BCUT2D eigenvalue weighted by molar-refractivity contribution is 4.79. The highest BCUT2D eigenvalue weighted by atomic mass is 16.5. The highest BCUT2D eigenvalue weighted by Crippen LogP contribution is 2.24. The summed E-state index contributed by atoms with van der Waals surface area (Å²) in [7, 11) is 0. The average Bonchev–Trinajstić information content (AvgIpc) is 2.45. The maximum absolute atomic E-state index is 9.29. The van der Waals surface area contributed by atoms with Crippen molar-refractivity contribution in [3.05, 3.63) is 0 Å². The summed E-state index contributed by atoms with van der Waals surface area (Å²) < 4.78 is 12.1. The monoisotopic (exact) mass is 302 g/mol. The molecule has 2 unspecified atom stereocenters. The van der Waals surface area contributed by atoms with E-state index in [0.29, 0.717) is 12.5 Å². The molecular formula is C18H38O3. The lowest BCUT2D eigenvalue weighted by molar-refractivity contribution is -0.141. The van der Waals surface area contributed by atoms with Crippen molar-refractivity contribution >= 4 is 0 Å². The van der Waals surface area contributed by atoms with E-state index in [-0.39, 0.29) is 23.7 Å². The van der Waals surface area contributed by atoms with Gasteiger partial charge in [0.25, 0.3) is 0 Å². The minimum atomic E-state index is -0.300. The SMILES string of the molecule is CCCCC(CC)COC(C)(C)C(C)OCC(C)(C)CO. The Labute approximate surface area is 132 Å². The number of rotatable bonds is 12. The van der Waals surface area contributed by atoms with Crippen LogP contribution in [0.3, 0.4) is 0 Å². The minimum Gasteiger partial charge on any atom is -0.396 e. The van der Waals surface area contributed by atoms with E-state index in [1.54, 1.807) is 0 Å². The average molecular weight is 302 g/mol. The van der Waals surface area contributed by atoms with E-state index in [2.05, 4.69) is 34.6 Å². The van der Waals surface area contributed by atoms with Crippen molar-refractivity contribution in [2.75, 3.05) is 19.8 Å². The summed E-state index contributed by atoms with van der Waals surface area (Å²) in [6, 6.07) is 0. The van der Waals surface area contributed by atoms with E-state index in [0.717, 1.165) is 6.61 Å². The van der Waals surface area contributed by atoms with Gasteiger partial charge in [0.15, 0.2) is 0 Å². The number of hydrogen-bond donors (Lipinski definition) is 1. The van der Waals surface area contributed by atoms with Crippen molar-refractivity contribution < 1.29 is 14.6 Å². The van der Waals surface area contributed by atoms with Crippen LogP contribution in [0.2, 0.25) is 0 Å². The minimum absolute atomic E-state index is 0.00649. The summed E-state index contributed by atoms with van der Waals surface area (Å²) in [5.41, 5.74) is -0.497. The van der Waals surface area contributed by atoms with E-state index < -0.39 is 0 Å². The lowest BCUT2D eigenvalue weighted by Crippen LogP contribution is -2.42. The first kappa shape index (κ1) is 20.9. The standard InChI is InChI=1S/C18H38O3/c1-8-10-11-16(9-2)12-21-18(6,7)15(3)20-14-17(4,5)13-19/h15-16,19H,8-14H2,1-7H3. The summed E-state index contributed by atoms with van der Waals surface area (Å²) in [6.07, 6.45) is 4.94. The predicted molar refractivity (Wildman–Crippen MR) is 89.6 cm³/mol. The Bertz CT molecular complexity index is 261. The fourth-order valence-electron chi connectivity index (χ4n) is 1.95. The third kappa shape index (κ3) is 8.80. The molecule has 0 aliphatic rings. The van der Waals surface area contributed by atoms with Crippen LogP contribution in [-0.4, -0.2) is 36.6 Å². The normalized spacial score (nSPS) is 16.0. The van der Waals surface area contributed by atoms with Gasteiger partial charge in [0.2, 0.25) is 0 Å². The molecule has 0 fully saturated rings. The van der Waals surface area contributed by atoms with Crippen molar-refractivity contribution in [3.63, 3.8) is 0 Å². The van der Waals surface area contributed by atoms with Gasteiger partial charge in [-0.25, -0.2) is 0 Å². The Kier molecular flexibility index (Phi) is 9.75. The van der Waals surface area contributed by atoms with Crippen molar-refractivity contribution in [2.24, 2.45) is 11.3 Å². The van der Waals surface area contributed by atoms with E-state index in [4.69, 9.17) is 9.47 Å². The van der Waals surface area contributed by atoms with Crippen LogP contribution in [0.4, 0.5) is 0 Å². The molecule has 0 saturated heterocycles. The molecule has 0 radical (unpaired) electrons. The fraction of sp³-hybridized carbons (Fsp3) is 1.00. The maximum Gasteiger partial charge on any atom is 0.0884 e. The fourth-order valence-corrected chi connectivity index (χ4v) is 1.95. The first-order chi connectivity index (χ1) is 9.68. The van der Waals surface area contributed by atoms with E-state index in [1.807, 2.05) is 13.8 Å². The molecule has 3 heteroatoms. The van der Waals surface area contributed by atoms with Gasteiger partial charge in [0, 0.05) is 5.41 Å². The second-order valence-electron chi connectivity index (χ2n) is 7.61. The van der Waals surface area contributed by atoms with Crippen LogP contribution in [0.15, 0.2) is 0 Å². The number of unbranched alkanes of at least 4 members (excludes halogenated alkanes) is 1. The topological polar surface area (TPSA) is 38.7 Å². The van der Waals surface area contributed by atoms with Crippen LogP contribution in [0.5, 0.6) is 0 Å². The van der Waals surface area contributed by atoms with E-state index in [1.165, 1.54) is 25.7 Å². The van der Waals surface area contributed by atoms with Gasteiger partial charge in [0.1, 0.15) is 0 Å². The Morgan fingerprint density at radius 2 is 1.71 bits per heavy atom. The van der Waals surface area contributed by atoms with Crippen LogP contribution in [0.25, 0.3) is 0 Å². The van der Waals surface area contributed by atoms with Crippen LogP contribution in [0.1, 0.15) is 74.1 Å². The first-order valence-corrected chi connectivity index (χ1v) is 8.55. The van der Waals surface area contributed by atoms with Gasteiger partial charge in [-0.05, 0) is 33.1 Å². The molecule has 3 nitrogen and oxygen atoms in total. The van der Waals surface area contributed by atoms with Crippen molar-refractivity contribution in [3.8, 4) is 0 Å². The third-order valence-corrected chi connectivity index (χ3v) is 4.37. The number of hydrogen-bond acceptors (Lipinski definition) is 3. The molecule has 0 aromatic carbocycles. The Morgan fingerprint density at radius 3 is 2.19 bits per heavy atom. The van der Waals surface area contributed by atoms with E-state index >= 15 is 0 Å². The van der Waals surface area contributed by atoms with Crippen LogP contribution in [-0.2, 0) is 9.47 Å². The lowest BCUT2D eigenvalue weighted by atomic mass is 9.95. The van der Waals surface area contributed by atoms with Crippen molar-refractivity contribution in [1.82, 2.24) is 0 Å². The molecule has 0 aromatic heterocycles. The Balaban J connectivity index is 4.26. The van der Waals surface area contributed by atoms with Gasteiger partial charge in [-0.15, -0.1) is 0 Å². The van der Waals surface area contributed by atoms with Gasteiger partial charge >= 0.3 is 0 Å². The van der Waals surface area contributed by atoms with Gasteiger partial charge in [-0.3, -0.25) is 0 Å². The summed E-state index contributed by atoms with van der Waals surface area (Å²) in [5.74, 6) is 0.644. The number of aliphatic hydroxyl groups is 1. The molecule has 2 atom stereocenters. The van der Waals surface area contributed by atoms with Gasteiger partial charge in [0.05, 0.1) is 31.5 Å². The zero-order chi connectivity index (χ0) is 16.5. The molecule has 0 spiro atoms. The van der Waals surface area contributed by atoms with Gasteiger partial charge in [-0.2, -0.15) is 0 Å². The second kappa shape index (κ2) is 9.81. The quantitative estimate of drug-likeness (QED) is 0.580. The number of aliphatic hydroxyl groups excluding tert-OH is 1. The molecule has 0 saturated carbocycles. The molecule has 0 rings (SSSR count). The molecule has 0 aliphatic carbocycles. The first-order valence-electron chi connectivity index (χ1n) is 8.55. The largest absolute Gasteiger partial charge is 0.396 e. The predicted octanol–water partition coefficient (Wildman–Crippen LogP) is 4.42. The Morgan fingerprint density at radius 1 is 1.10 bits per heavy atom. The molecule has 21 heavy (non-hydrogen) atoms. The molecule has 128 valence electrons. The molecule has 1 N–H and O–H groups in total. The molecule has 0 heterocycles. The smallest absolute Gasteiger partial charge is 0.0884 e. The van der Waals surface area contributed by atoms with E-state index in [9.17, 15) is 5.11 Å². The summed E-state index contributed by atoms with van der Waals surface area (Å²) in [4.78, 5) is 0. The second-order valence-corrected chi connectivity index (χ2v) is 7.61. The highest BCUT2D eigenvalue weighted by Gasteiger charge is 2.30. The maximum atomic E-state index is 9.29. The molecule has 0 amide bonds. The van der Waals surface area contributed by atoms with Crippen LogP contribution in [0, 0.1) is 11.3 Å². The number of ether oxygens (including phenoxy) is 2. The zero-order valence-corrected chi connectivity index (χ0v) is 15.4. The summed E-state index contributed by atoms with van der Waals surface area (Å²) in [6.45, 7) is 16.2. The van der Waals surface area contributed by atoms with Crippen LogP contribution >= 0.6 is 0 Å². The molecule has 0 aromatic rings. The van der Waals surface area contributed by atoms with Gasteiger partial charge in [-0.1, -0.05) is 47.0 Å². The molecular weight excluding hydrogens is 264 g/mol. The summed E-state index contributed by atoms with van der Waals surface area (Å²) in [5, 5.41) is 9.29. The molecule has 0 bridgehead atoms. The van der Waals surface area contributed by atoms with Gasteiger partial charge < -0.3 is 14.6 Å².